The van der Waals surface area contributed by atoms with E-state index in [9.17, 15) is 9.18 Å². The summed E-state index contributed by atoms with van der Waals surface area (Å²) < 4.78 is 13.7. The number of guanidine groups is 1. The molecule has 0 bridgehead atoms. The van der Waals surface area contributed by atoms with Crippen molar-refractivity contribution in [3.8, 4) is 0 Å². The van der Waals surface area contributed by atoms with Crippen LogP contribution in [0.2, 0.25) is 0 Å². The summed E-state index contributed by atoms with van der Waals surface area (Å²) in [6.07, 6.45) is 0. The zero-order valence-corrected chi connectivity index (χ0v) is 9.06. The molecule has 1 aromatic carbocycles. The van der Waals surface area contributed by atoms with E-state index in [-0.39, 0.29) is 5.69 Å². The molecule has 0 fully saturated rings. The molecule has 2 amide bonds. The van der Waals surface area contributed by atoms with Gasteiger partial charge in [-0.1, -0.05) is 6.07 Å². The van der Waals surface area contributed by atoms with Gasteiger partial charge in [0, 0.05) is 4.47 Å². The number of halogens is 2. The number of nitrogens with one attached hydrogen (secondary N) is 3. The maximum absolute atomic E-state index is 13.2. The fourth-order valence-corrected chi connectivity index (χ4v) is 1.34. The van der Waals surface area contributed by atoms with Crippen LogP contribution in [0.15, 0.2) is 22.7 Å². The van der Waals surface area contributed by atoms with Crippen molar-refractivity contribution in [3.05, 3.63) is 28.5 Å². The van der Waals surface area contributed by atoms with Crippen molar-refractivity contribution in [1.82, 2.24) is 5.32 Å². The Bertz CT molecular complexity index is 389. The van der Waals surface area contributed by atoms with Gasteiger partial charge >= 0.3 is 6.03 Å². The fourth-order valence-electron chi connectivity index (χ4n) is 0.897. The molecule has 0 radical (unpaired) electrons. The lowest BCUT2D eigenvalue weighted by Crippen LogP contribution is -2.38. The number of hydrogen-bond acceptors (Lipinski definition) is 2. The lowest BCUT2D eigenvalue weighted by atomic mass is 10.3. The average molecular weight is 275 g/mol. The predicted octanol–water partition coefficient (Wildman–Crippen LogP) is 1.60. The van der Waals surface area contributed by atoms with Gasteiger partial charge in [0.1, 0.15) is 5.82 Å². The third-order valence-electron chi connectivity index (χ3n) is 1.46. The Labute approximate surface area is 93.5 Å². The van der Waals surface area contributed by atoms with Crippen molar-refractivity contribution in [3.63, 3.8) is 0 Å². The number of urea groups is 1. The molecule has 0 aliphatic carbocycles. The average Bonchev–Trinajstić information content (AvgIpc) is 2.10. The normalized spacial score (nSPS) is 9.47. The number of primary amides is 1. The molecular weight excluding hydrogens is 267 g/mol. The number of carbonyl (C=O) groups excluding carboxylic acids is 1. The SMILES string of the molecule is N=C(NC(N)=O)Nc1c(F)cccc1Br. The Morgan fingerprint density at radius 2 is 2.20 bits per heavy atom. The number of benzene rings is 1. The van der Waals surface area contributed by atoms with Crippen molar-refractivity contribution >= 4 is 33.6 Å². The summed E-state index contributed by atoms with van der Waals surface area (Å²) in [5.74, 6) is -0.936. The lowest BCUT2D eigenvalue weighted by molar-refractivity contribution is 0.253. The summed E-state index contributed by atoms with van der Waals surface area (Å²) in [7, 11) is 0. The third-order valence-corrected chi connectivity index (χ3v) is 2.12. The summed E-state index contributed by atoms with van der Waals surface area (Å²) in [4.78, 5) is 10.4. The first kappa shape index (κ1) is 11.4. The maximum Gasteiger partial charge on any atom is 0.318 e. The van der Waals surface area contributed by atoms with E-state index in [1.807, 2.05) is 5.32 Å². The van der Waals surface area contributed by atoms with Gasteiger partial charge in [-0.25, -0.2) is 9.18 Å². The molecule has 0 saturated heterocycles. The lowest BCUT2D eigenvalue weighted by Gasteiger charge is -2.09. The standard InChI is InChI=1S/C8H8BrFN4O/c9-4-2-1-3-5(10)6(4)13-7(11)14-8(12)15/h1-3H,(H5,11,12,13,14,15). The molecule has 0 aliphatic heterocycles. The van der Waals surface area contributed by atoms with Crippen molar-refractivity contribution in [2.45, 2.75) is 0 Å². The van der Waals surface area contributed by atoms with Gasteiger partial charge < -0.3 is 11.1 Å². The highest BCUT2D eigenvalue weighted by Crippen LogP contribution is 2.24. The molecule has 0 atom stereocenters. The van der Waals surface area contributed by atoms with Crippen LogP contribution in [-0.4, -0.2) is 12.0 Å². The quantitative estimate of drug-likeness (QED) is 0.463. The number of carbonyl (C=O) groups is 1. The van der Waals surface area contributed by atoms with Gasteiger partial charge in [0.25, 0.3) is 0 Å². The van der Waals surface area contributed by atoms with Crippen LogP contribution in [0.4, 0.5) is 14.9 Å². The second-order valence-electron chi connectivity index (χ2n) is 2.59. The smallest absolute Gasteiger partial charge is 0.318 e. The van der Waals surface area contributed by atoms with Crippen LogP contribution in [0.1, 0.15) is 0 Å². The molecular formula is C8H8BrFN4O. The molecule has 15 heavy (non-hydrogen) atoms. The molecule has 1 aromatic rings. The number of anilines is 1. The van der Waals surface area contributed by atoms with Gasteiger partial charge in [0.05, 0.1) is 5.69 Å². The van der Waals surface area contributed by atoms with Crippen LogP contribution in [0, 0.1) is 11.2 Å². The first-order chi connectivity index (χ1) is 7.00. The third kappa shape index (κ3) is 3.21. The van der Waals surface area contributed by atoms with Gasteiger partial charge in [0.15, 0.2) is 0 Å². The van der Waals surface area contributed by atoms with Crippen LogP contribution in [0.3, 0.4) is 0 Å². The van der Waals surface area contributed by atoms with E-state index in [0.717, 1.165) is 0 Å². The molecule has 0 unspecified atom stereocenters. The summed E-state index contributed by atoms with van der Waals surface area (Å²) in [6.45, 7) is 0. The minimum atomic E-state index is -0.889. The van der Waals surface area contributed by atoms with Crippen molar-refractivity contribution in [1.29, 1.82) is 5.41 Å². The monoisotopic (exact) mass is 274 g/mol. The van der Waals surface area contributed by atoms with Crippen LogP contribution >= 0.6 is 15.9 Å². The number of para-hydroxylation sites is 1. The van der Waals surface area contributed by atoms with Crippen LogP contribution in [-0.2, 0) is 0 Å². The van der Waals surface area contributed by atoms with E-state index < -0.39 is 17.8 Å². The van der Waals surface area contributed by atoms with Crippen molar-refractivity contribution in [2.24, 2.45) is 5.73 Å². The first-order valence-electron chi connectivity index (χ1n) is 3.86. The number of nitrogens with two attached hydrogens (primary N) is 1. The summed E-state index contributed by atoms with van der Waals surface area (Å²) in [6, 6.07) is 3.45. The van der Waals surface area contributed by atoms with Crippen LogP contribution in [0.25, 0.3) is 0 Å². The number of hydrogen-bond donors (Lipinski definition) is 4. The molecule has 80 valence electrons. The Morgan fingerprint density at radius 1 is 1.53 bits per heavy atom. The minimum absolute atomic E-state index is 0.0660. The van der Waals surface area contributed by atoms with Gasteiger partial charge in [0.2, 0.25) is 5.96 Å². The highest BCUT2D eigenvalue weighted by Gasteiger charge is 2.08. The molecule has 0 aromatic heterocycles. The Balaban J connectivity index is 2.80. The predicted molar refractivity (Wildman–Crippen MR) is 58.2 cm³/mol. The minimum Gasteiger partial charge on any atom is -0.351 e. The molecule has 0 saturated carbocycles. The van der Waals surface area contributed by atoms with Gasteiger partial charge in [-0.2, -0.15) is 0 Å². The van der Waals surface area contributed by atoms with E-state index >= 15 is 0 Å². The second-order valence-corrected chi connectivity index (χ2v) is 3.44. The van der Waals surface area contributed by atoms with Crippen molar-refractivity contribution < 1.29 is 9.18 Å². The highest BCUT2D eigenvalue weighted by molar-refractivity contribution is 9.10. The molecule has 0 heterocycles. The first-order valence-corrected chi connectivity index (χ1v) is 4.66. The summed E-state index contributed by atoms with van der Waals surface area (Å²) in [5.41, 5.74) is 4.85. The van der Waals surface area contributed by atoms with Crippen molar-refractivity contribution in [2.75, 3.05) is 5.32 Å². The fraction of sp³-hybridized carbons (Fsp3) is 0. The summed E-state index contributed by atoms with van der Waals surface area (Å²) >= 11 is 3.10. The Morgan fingerprint density at radius 3 is 2.73 bits per heavy atom. The van der Waals surface area contributed by atoms with E-state index in [1.54, 1.807) is 6.07 Å². The Hall–Kier alpha value is -1.63. The van der Waals surface area contributed by atoms with Gasteiger partial charge in [-0.15, -0.1) is 0 Å². The zero-order chi connectivity index (χ0) is 11.4. The largest absolute Gasteiger partial charge is 0.351 e. The zero-order valence-electron chi connectivity index (χ0n) is 7.47. The Kier molecular flexibility index (Phi) is 3.62. The van der Waals surface area contributed by atoms with Crippen LogP contribution in [0.5, 0.6) is 0 Å². The molecule has 1 rings (SSSR count). The summed E-state index contributed by atoms with van der Waals surface area (Å²) in [5, 5.41) is 11.6. The molecule has 5 nitrogen and oxygen atoms in total. The van der Waals surface area contributed by atoms with E-state index in [2.05, 4.69) is 21.2 Å². The second kappa shape index (κ2) is 4.74. The maximum atomic E-state index is 13.2. The van der Waals surface area contributed by atoms with Gasteiger partial charge in [-0.05, 0) is 28.1 Å². The highest BCUT2D eigenvalue weighted by atomic mass is 79.9. The van der Waals surface area contributed by atoms with Gasteiger partial charge in [-0.3, -0.25) is 10.7 Å². The topological polar surface area (TPSA) is 91.0 Å². The van der Waals surface area contributed by atoms with E-state index in [0.29, 0.717) is 4.47 Å². The van der Waals surface area contributed by atoms with E-state index in [1.165, 1.54) is 12.1 Å². The number of amides is 2. The molecule has 0 aliphatic rings. The number of rotatable bonds is 1. The molecule has 7 heteroatoms. The van der Waals surface area contributed by atoms with E-state index in [4.69, 9.17) is 11.1 Å². The molecule has 0 spiro atoms. The molecule has 5 N–H and O–H groups in total. The van der Waals surface area contributed by atoms with Crippen LogP contribution < -0.4 is 16.4 Å².